The number of carbonyl (C=O) groups excluding carboxylic acids is 2. The second-order valence-electron chi connectivity index (χ2n) is 5.25. The Balaban J connectivity index is 2.51. The quantitative estimate of drug-likeness (QED) is 0.786. The van der Waals surface area contributed by atoms with E-state index in [2.05, 4.69) is 0 Å². The Morgan fingerprint density at radius 2 is 1.79 bits per heavy atom. The number of allylic oxidation sites excluding steroid dienone is 1. The molecule has 0 fully saturated rings. The lowest BCUT2D eigenvalue weighted by atomic mass is 9.71. The standard InChI is InChI=1S/C16H17ClO2/c1-10(18)16(3,11(2)19)14-6-4-13-9-15(17)7-5-12(13)8-14/h5,7-9H,4,6H2,1-3H3. The molecule has 100 valence electrons. The third kappa shape index (κ3) is 2.37. The minimum Gasteiger partial charge on any atom is -0.299 e. The van der Waals surface area contributed by atoms with Gasteiger partial charge in [0.05, 0.1) is 0 Å². The lowest BCUT2D eigenvalue weighted by molar-refractivity contribution is -0.134. The fraction of sp³-hybridized carbons (Fsp3) is 0.375. The molecule has 0 saturated heterocycles. The molecule has 0 radical (unpaired) electrons. The van der Waals surface area contributed by atoms with E-state index in [1.165, 1.54) is 19.4 Å². The van der Waals surface area contributed by atoms with Crippen LogP contribution in [-0.2, 0) is 16.0 Å². The summed E-state index contributed by atoms with van der Waals surface area (Å²) in [5.74, 6) is -0.188. The topological polar surface area (TPSA) is 34.1 Å². The van der Waals surface area contributed by atoms with Crippen LogP contribution in [0.5, 0.6) is 0 Å². The van der Waals surface area contributed by atoms with Crippen LogP contribution in [0.1, 0.15) is 38.3 Å². The van der Waals surface area contributed by atoms with E-state index in [9.17, 15) is 9.59 Å². The van der Waals surface area contributed by atoms with Crippen LogP contribution in [0, 0.1) is 5.41 Å². The zero-order valence-corrected chi connectivity index (χ0v) is 12.2. The lowest BCUT2D eigenvalue weighted by Crippen LogP contribution is -2.36. The summed E-state index contributed by atoms with van der Waals surface area (Å²) >= 11 is 5.97. The smallest absolute Gasteiger partial charge is 0.147 e. The van der Waals surface area contributed by atoms with Gasteiger partial charge in [-0.1, -0.05) is 23.7 Å². The summed E-state index contributed by atoms with van der Waals surface area (Å²) in [6.07, 6.45) is 3.51. The van der Waals surface area contributed by atoms with Crippen molar-refractivity contribution in [3.63, 3.8) is 0 Å². The number of fused-ring (bicyclic) bond motifs is 1. The van der Waals surface area contributed by atoms with E-state index in [4.69, 9.17) is 11.6 Å². The number of benzene rings is 1. The second kappa shape index (κ2) is 4.93. The van der Waals surface area contributed by atoms with Gasteiger partial charge in [-0.15, -0.1) is 0 Å². The van der Waals surface area contributed by atoms with Gasteiger partial charge >= 0.3 is 0 Å². The summed E-state index contributed by atoms with van der Waals surface area (Å²) in [6, 6.07) is 5.72. The van der Waals surface area contributed by atoms with Crippen molar-refractivity contribution in [3.8, 4) is 0 Å². The fourth-order valence-corrected chi connectivity index (χ4v) is 2.75. The van der Waals surface area contributed by atoms with E-state index in [0.717, 1.165) is 29.0 Å². The molecular formula is C16H17ClO2. The van der Waals surface area contributed by atoms with Gasteiger partial charge < -0.3 is 0 Å². The molecule has 3 heteroatoms. The maximum absolute atomic E-state index is 11.9. The molecule has 2 rings (SSSR count). The van der Waals surface area contributed by atoms with Crippen LogP contribution < -0.4 is 0 Å². The summed E-state index contributed by atoms with van der Waals surface area (Å²) in [4.78, 5) is 23.8. The van der Waals surface area contributed by atoms with Gasteiger partial charge in [0.1, 0.15) is 17.0 Å². The third-order valence-electron chi connectivity index (χ3n) is 4.15. The van der Waals surface area contributed by atoms with E-state index in [0.29, 0.717) is 0 Å². The fourth-order valence-electron chi connectivity index (χ4n) is 2.56. The van der Waals surface area contributed by atoms with E-state index in [1.807, 2.05) is 24.3 Å². The zero-order valence-electron chi connectivity index (χ0n) is 11.4. The molecule has 2 nitrogen and oxygen atoms in total. The summed E-state index contributed by atoms with van der Waals surface area (Å²) in [5, 5.41) is 0.719. The monoisotopic (exact) mass is 276 g/mol. The minimum atomic E-state index is -0.989. The molecule has 0 unspecified atom stereocenters. The SMILES string of the molecule is CC(=O)C(C)(C(C)=O)C1=Cc2ccc(Cl)cc2CC1. The Bertz CT molecular complexity index is 570. The second-order valence-corrected chi connectivity index (χ2v) is 5.69. The highest BCUT2D eigenvalue weighted by atomic mass is 35.5. The van der Waals surface area contributed by atoms with Gasteiger partial charge in [0, 0.05) is 5.02 Å². The van der Waals surface area contributed by atoms with Crippen molar-refractivity contribution in [1.82, 2.24) is 0 Å². The van der Waals surface area contributed by atoms with Gasteiger partial charge in [-0.25, -0.2) is 0 Å². The summed E-state index contributed by atoms with van der Waals surface area (Å²) < 4.78 is 0. The van der Waals surface area contributed by atoms with Crippen LogP contribution in [0.25, 0.3) is 6.08 Å². The molecule has 0 aromatic heterocycles. The van der Waals surface area contributed by atoms with Crippen molar-refractivity contribution in [3.05, 3.63) is 39.9 Å². The average molecular weight is 277 g/mol. The highest BCUT2D eigenvalue weighted by Crippen LogP contribution is 2.38. The Labute approximate surface area is 118 Å². The first-order chi connectivity index (χ1) is 8.85. The number of carbonyl (C=O) groups is 2. The minimum absolute atomic E-state index is 0.0938. The molecule has 0 amide bonds. The van der Waals surface area contributed by atoms with Gasteiger partial charge in [0.15, 0.2) is 0 Å². The molecule has 0 spiro atoms. The Hall–Kier alpha value is -1.41. The largest absolute Gasteiger partial charge is 0.299 e. The van der Waals surface area contributed by atoms with Crippen molar-refractivity contribution in [1.29, 1.82) is 0 Å². The maximum atomic E-state index is 11.9. The first kappa shape index (κ1) is 14.0. The molecule has 1 aliphatic rings. The number of aryl methyl sites for hydroxylation is 1. The normalized spacial score (nSPS) is 14.6. The molecule has 1 aromatic rings. The van der Waals surface area contributed by atoms with Gasteiger partial charge in [-0.2, -0.15) is 0 Å². The van der Waals surface area contributed by atoms with Crippen LogP contribution in [0.4, 0.5) is 0 Å². The van der Waals surface area contributed by atoms with E-state index < -0.39 is 5.41 Å². The summed E-state index contributed by atoms with van der Waals surface area (Å²) in [6.45, 7) is 4.70. The molecule has 1 aromatic carbocycles. The number of halogens is 1. The van der Waals surface area contributed by atoms with E-state index in [-0.39, 0.29) is 11.6 Å². The molecule has 0 atom stereocenters. The molecule has 0 aliphatic heterocycles. The van der Waals surface area contributed by atoms with Crippen LogP contribution in [0.3, 0.4) is 0 Å². The van der Waals surface area contributed by atoms with Crippen molar-refractivity contribution < 1.29 is 9.59 Å². The molecule has 0 bridgehead atoms. The van der Waals surface area contributed by atoms with Crippen LogP contribution in [0.2, 0.25) is 5.02 Å². The summed E-state index contributed by atoms with van der Waals surface area (Å²) in [7, 11) is 0. The van der Waals surface area contributed by atoms with Gasteiger partial charge in [-0.05, 0) is 62.4 Å². The van der Waals surface area contributed by atoms with Crippen molar-refractivity contribution >= 4 is 29.2 Å². The van der Waals surface area contributed by atoms with Gasteiger partial charge in [0.25, 0.3) is 0 Å². The molecular weight excluding hydrogens is 260 g/mol. The number of Topliss-reactive ketones (excluding diaryl/α,β-unsaturated/α-hetero) is 2. The Morgan fingerprint density at radius 3 is 2.37 bits per heavy atom. The van der Waals surface area contributed by atoms with Crippen molar-refractivity contribution in [2.24, 2.45) is 5.41 Å². The zero-order chi connectivity index (χ0) is 14.2. The number of hydrogen-bond donors (Lipinski definition) is 0. The third-order valence-corrected chi connectivity index (χ3v) is 4.38. The van der Waals surface area contributed by atoms with Crippen molar-refractivity contribution in [2.75, 3.05) is 0 Å². The predicted molar refractivity (Wildman–Crippen MR) is 77.2 cm³/mol. The lowest BCUT2D eigenvalue weighted by Gasteiger charge is -2.30. The average Bonchev–Trinajstić information content (AvgIpc) is 2.36. The maximum Gasteiger partial charge on any atom is 0.147 e. The first-order valence-corrected chi connectivity index (χ1v) is 6.75. The summed E-state index contributed by atoms with van der Waals surface area (Å²) in [5.41, 5.74) is 2.14. The van der Waals surface area contributed by atoms with E-state index in [1.54, 1.807) is 6.92 Å². The molecule has 0 N–H and O–H groups in total. The molecule has 1 aliphatic carbocycles. The van der Waals surface area contributed by atoms with E-state index >= 15 is 0 Å². The Kier molecular flexibility index (Phi) is 3.64. The molecule has 19 heavy (non-hydrogen) atoms. The number of hydrogen-bond acceptors (Lipinski definition) is 2. The highest BCUT2D eigenvalue weighted by Gasteiger charge is 2.39. The van der Waals surface area contributed by atoms with Crippen molar-refractivity contribution in [2.45, 2.75) is 33.6 Å². The number of rotatable bonds is 3. The Morgan fingerprint density at radius 1 is 1.16 bits per heavy atom. The van der Waals surface area contributed by atoms with Crippen LogP contribution in [0.15, 0.2) is 23.8 Å². The highest BCUT2D eigenvalue weighted by molar-refractivity contribution is 6.30. The van der Waals surface area contributed by atoms with Gasteiger partial charge in [-0.3, -0.25) is 9.59 Å². The predicted octanol–water partition coefficient (Wildman–Crippen LogP) is 3.85. The van der Waals surface area contributed by atoms with Crippen LogP contribution in [-0.4, -0.2) is 11.6 Å². The first-order valence-electron chi connectivity index (χ1n) is 6.37. The molecule has 0 saturated carbocycles. The number of ketones is 2. The molecule has 0 heterocycles. The van der Waals surface area contributed by atoms with Crippen LogP contribution >= 0.6 is 11.6 Å². The van der Waals surface area contributed by atoms with Gasteiger partial charge in [0.2, 0.25) is 0 Å².